The lowest BCUT2D eigenvalue weighted by molar-refractivity contribution is 0.0439. The number of aromatic nitrogens is 4. The van der Waals surface area contributed by atoms with Gasteiger partial charge in [0.05, 0.1) is 24.8 Å². The maximum absolute atomic E-state index is 8.97. The molecule has 0 bridgehead atoms. The lowest BCUT2D eigenvalue weighted by Gasteiger charge is -2.08. The second-order valence-electron chi connectivity index (χ2n) is 6.50. The first kappa shape index (κ1) is 20.9. The fourth-order valence-electron chi connectivity index (χ4n) is 2.84. The zero-order valence-corrected chi connectivity index (χ0v) is 18.0. The van der Waals surface area contributed by atoms with Crippen molar-refractivity contribution < 1.29 is 9.84 Å². The molecule has 154 valence electrons. The third-order valence-electron chi connectivity index (χ3n) is 4.32. The van der Waals surface area contributed by atoms with E-state index in [2.05, 4.69) is 29.4 Å². The molecule has 0 saturated carbocycles. The Labute approximate surface area is 183 Å². The summed E-state index contributed by atoms with van der Waals surface area (Å²) in [5.41, 5.74) is 3.21. The van der Waals surface area contributed by atoms with E-state index in [4.69, 9.17) is 19.8 Å². The van der Waals surface area contributed by atoms with Gasteiger partial charge in [0.25, 0.3) is 0 Å². The molecule has 0 aliphatic heterocycles. The summed E-state index contributed by atoms with van der Waals surface area (Å²) >= 11 is 3.29. The highest BCUT2D eigenvalue weighted by Crippen LogP contribution is 2.31. The molecule has 1 N–H and O–H groups in total. The van der Waals surface area contributed by atoms with Crippen LogP contribution >= 0.6 is 23.5 Å². The Morgan fingerprint density at radius 2 is 1.53 bits per heavy atom. The van der Waals surface area contributed by atoms with Crippen LogP contribution in [0.15, 0.2) is 77.0 Å². The normalized spacial score (nSPS) is 11.2. The maximum Gasteiger partial charge on any atom is 0.191 e. The number of rotatable bonds is 10. The van der Waals surface area contributed by atoms with Crippen molar-refractivity contribution in [3.8, 4) is 0 Å². The van der Waals surface area contributed by atoms with Gasteiger partial charge in [0, 0.05) is 11.5 Å². The van der Waals surface area contributed by atoms with Crippen LogP contribution in [0.2, 0.25) is 0 Å². The predicted molar refractivity (Wildman–Crippen MR) is 120 cm³/mol. The van der Waals surface area contributed by atoms with Crippen LogP contribution in [-0.2, 0) is 23.0 Å². The van der Waals surface area contributed by atoms with E-state index in [1.807, 2.05) is 36.4 Å². The molecule has 0 radical (unpaired) electrons. The number of hydrogen-bond donors (Lipinski definition) is 1. The number of hydrogen-bond acceptors (Lipinski definition) is 7. The van der Waals surface area contributed by atoms with E-state index in [1.54, 1.807) is 34.4 Å². The Kier molecular flexibility index (Phi) is 7.36. The highest BCUT2D eigenvalue weighted by atomic mass is 32.2. The van der Waals surface area contributed by atoms with E-state index in [-0.39, 0.29) is 19.9 Å². The van der Waals surface area contributed by atoms with Gasteiger partial charge in [-0.15, -0.1) is 11.8 Å². The molecule has 4 rings (SSSR count). The van der Waals surface area contributed by atoms with Crippen LogP contribution in [0.5, 0.6) is 0 Å². The van der Waals surface area contributed by atoms with E-state index in [0.29, 0.717) is 5.16 Å². The summed E-state index contributed by atoms with van der Waals surface area (Å²) < 4.78 is 7.16. The fraction of sp³-hybridized carbons (Fsp3) is 0.227. The molecular formula is C22H22N4O2S2. The van der Waals surface area contributed by atoms with Crippen LogP contribution in [-0.4, -0.2) is 38.1 Å². The zero-order valence-electron chi connectivity index (χ0n) is 16.3. The van der Waals surface area contributed by atoms with Gasteiger partial charge in [-0.25, -0.2) is 14.6 Å². The smallest absolute Gasteiger partial charge is 0.191 e. The molecule has 0 aliphatic rings. The van der Waals surface area contributed by atoms with Gasteiger partial charge in [0.2, 0.25) is 0 Å². The fourth-order valence-corrected chi connectivity index (χ4v) is 4.64. The van der Waals surface area contributed by atoms with Crippen molar-refractivity contribution in [3.63, 3.8) is 0 Å². The number of benzene rings is 2. The first-order valence-electron chi connectivity index (χ1n) is 9.59. The van der Waals surface area contributed by atoms with Crippen LogP contribution in [0, 0.1) is 0 Å². The molecule has 0 aliphatic carbocycles. The minimum Gasteiger partial charge on any atom is -0.394 e. The van der Waals surface area contributed by atoms with Crippen molar-refractivity contribution in [1.82, 2.24) is 19.7 Å². The molecule has 0 unspecified atom stereocenters. The van der Waals surface area contributed by atoms with Crippen molar-refractivity contribution in [2.45, 2.75) is 28.4 Å². The highest BCUT2D eigenvalue weighted by Gasteiger charge is 2.14. The second-order valence-corrected chi connectivity index (χ2v) is 8.41. The standard InChI is InChI=1S/C22H22N4O2S2/c27-11-12-28-16-26-20-19(13-23-26)21(29-14-17-7-3-1-4-8-17)25-22(24-20)30-15-18-9-5-2-6-10-18/h1-10,13,27H,11-12,14-16H2. The zero-order chi connectivity index (χ0) is 20.6. The minimum absolute atomic E-state index is 0.0233. The Balaban J connectivity index is 1.59. The molecule has 0 spiro atoms. The average molecular weight is 439 g/mol. The molecule has 6 nitrogen and oxygen atoms in total. The summed E-state index contributed by atoms with van der Waals surface area (Å²) in [7, 11) is 0. The highest BCUT2D eigenvalue weighted by molar-refractivity contribution is 7.99. The van der Waals surface area contributed by atoms with Gasteiger partial charge in [-0.3, -0.25) is 0 Å². The van der Waals surface area contributed by atoms with Crippen LogP contribution in [0.25, 0.3) is 11.0 Å². The topological polar surface area (TPSA) is 73.1 Å². The number of nitrogens with zero attached hydrogens (tertiary/aromatic N) is 4. The Bertz CT molecular complexity index is 1070. The van der Waals surface area contributed by atoms with Crippen molar-refractivity contribution in [3.05, 3.63) is 78.0 Å². The molecule has 2 aromatic carbocycles. The SMILES string of the molecule is OCCOCn1ncc2c(SCc3ccccc3)nc(SCc3ccccc3)nc21. The largest absolute Gasteiger partial charge is 0.394 e. The molecule has 0 fully saturated rings. The number of aliphatic hydroxyl groups is 1. The lowest BCUT2D eigenvalue weighted by Crippen LogP contribution is -2.08. The molecule has 0 amide bonds. The third kappa shape index (κ3) is 5.40. The molecule has 2 aromatic heterocycles. The van der Waals surface area contributed by atoms with Gasteiger partial charge in [0.15, 0.2) is 10.8 Å². The van der Waals surface area contributed by atoms with Crippen molar-refractivity contribution in [2.24, 2.45) is 0 Å². The van der Waals surface area contributed by atoms with Crippen LogP contribution in [0.1, 0.15) is 11.1 Å². The van der Waals surface area contributed by atoms with E-state index in [1.165, 1.54) is 11.1 Å². The van der Waals surface area contributed by atoms with Gasteiger partial charge in [-0.2, -0.15) is 5.10 Å². The maximum atomic E-state index is 8.97. The summed E-state index contributed by atoms with van der Waals surface area (Å²) in [6.45, 7) is 0.481. The first-order valence-corrected chi connectivity index (χ1v) is 11.6. The molecule has 30 heavy (non-hydrogen) atoms. The summed E-state index contributed by atoms with van der Waals surface area (Å²) in [4.78, 5) is 9.56. The predicted octanol–water partition coefficient (Wildman–Crippen LogP) is 4.38. The van der Waals surface area contributed by atoms with Gasteiger partial charge in [0.1, 0.15) is 11.8 Å². The van der Waals surface area contributed by atoms with Crippen LogP contribution < -0.4 is 0 Å². The Morgan fingerprint density at radius 3 is 2.20 bits per heavy atom. The Hall–Kier alpha value is -2.39. The summed E-state index contributed by atoms with van der Waals surface area (Å²) in [6, 6.07) is 20.6. The molecule has 8 heteroatoms. The van der Waals surface area contributed by atoms with E-state index >= 15 is 0 Å². The van der Waals surface area contributed by atoms with Gasteiger partial charge < -0.3 is 9.84 Å². The van der Waals surface area contributed by atoms with Gasteiger partial charge in [-0.1, -0.05) is 72.4 Å². The molecular weight excluding hydrogens is 416 g/mol. The van der Waals surface area contributed by atoms with Gasteiger partial charge in [-0.05, 0) is 11.1 Å². The second kappa shape index (κ2) is 10.6. The molecule has 0 saturated heterocycles. The lowest BCUT2D eigenvalue weighted by atomic mass is 10.2. The minimum atomic E-state index is -0.0233. The number of ether oxygens (including phenoxy) is 1. The summed E-state index contributed by atoms with van der Waals surface area (Å²) in [5, 5.41) is 15.9. The number of thioether (sulfide) groups is 2. The van der Waals surface area contributed by atoms with E-state index in [9.17, 15) is 0 Å². The summed E-state index contributed by atoms with van der Waals surface area (Å²) in [6.07, 6.45) is 1.79. The molecule has 0 atom stereocenters. The monoisotopic (exact) mass is 438 g/mol. The Morgan fingerprint density at radius 1 is 0.867 bits per heavy atom. The van der Waals surface area contributed by atoms with E-state index in [0.717, 1.165) is 27.6 Å². The van der Waals surface area contributed by atoms with Crippen molar-refractivity contribution in [1.29, 1.82) is 0 Å². The van der Waals surface area contributed by atoms with Crippen molar-refractivity contribution in [2.75, 3.05) is 13.2 Å². The third-order valence-corrected chi connectivity index (χ3v) is 6.30. The molecule has 4 aromatic rings. The van der Waals surface area contributed by atoms with Crippen molar-refractivity contribution >= 4 is 34.6 Å². The average Bonchev–Trinajstić information content (AvgIpc) is 3.21. The first-order chi connectivity index (χ1) is 14.8. The van der Waals surface area contributed by atoms with Gasteiger partial charge >= 0.3 is 0 Å². The molecule has 2 heterocycles. The van der Waals surface area contributed by atoms with Crippen LogP contribution in [0.4, 0.5) is 0 Å². The van der Waals surface area contributed by atoms with E-state index < -0.39 is 0 Å². The van der Waals surface area contributed by atoms with Crippen LogP contribution in [0.3, 0.4) is 0 Å². The number of aliphatic hydroxyl groups excluding tert-OH is 1. The number of fused-ring (bicyclic) bond motifs is 1. The quantitative estimate of drug-likeness (QED) is 0.170. The summed E-state index contributed by atoms with van der Waals surface area (Å²) in [5.74, 6) is 1.62.